The number of ether oxygens (including phenoxy) is 1. The number of amides is 1. The van der Waals surface area contributed by atoms with Gasteiger partial charge in [-0.05, 0) is 37.9 Å². The molecule has 2 atom stereocenters. The third-order valence-corrected chi connectivity index (χ3v) is 3.78. The van der Waals surface area contributed by atoms with Crippen LogP contribution in [0.4, 0.5) is 0 Å². The Morgan fingerprint density at radius 3 is 2.90 bits per heavy atom. The summed E-state index contributed by atoms with van der Waals surface area (Å²) in [5.41, 5.74) is 0. The molecule has 6 heteroatoms. The van der Waals surface area contributed by atoms with E-state index in [4.69, 9.17) is 16.3 Å². The van der Waals surface area contributed by atoms with Crippen LogP contribution in [0.3, 0.4) is 0 Å². The molecule has 1 aliphatic rings. The van der Waals surface area contributed by atoms with Crippen LogP contribution in [-0.4, -0.2) is 31.1 Å². The molecule has 0 bridgehead atoms. The molecule has 1 saturated heterocycles. The lowest BCUT2D eigenvalue weighted by Crippen LogP contribution is -2.44. The summed E-state index contributed by atoms with van der Waals surface area (Å²) in [5, 5.41) is 6.72. The van der Waals surface area contributed by atoms with Crippen molar-refractivity contribution in [3.05, 3.63) is 29.3 Å². The molecular weight excluding hydrogens is 311 g/mol. The van der Waals surface area contributed by atoms with Crippen molar-refractivity contribution in [2.24, 2.45) is 0 Å². The summed E-state index contributed by atoms with van der Waals surface area (Å²) in [6, 6.07) is 7.34. The Morgan fingerprint density at radius 2 is 2.29 bits per heavy atom. The highest BCUT2D eigenvalue weighted by Crippen LogP contribution is 2.24. The lowest BCUT2D eigenvalue weighted by Gasteiger charge is -2.20. The molecule has 4 nitrogen and oxygen atoms in total. The van der Waals surface area contributed by atoms with Gasteiger partial charge in [0.15, 0.2) is 0 Å². The lowest BCUT2D eigenvalue weighted by molar-refractivity contribution is -0.123. The van der Waals surface area contributed by atoms with E-state index in [-0.39, 0.29) is 30.5 Å². The summed E-state index contributed by atoms with van der Waals surface area (Å²) in [4.78, 5) is 11.9. The summed E-state index contributed by atoms with van der Waals surface area (Å²) in [6.45, 7) is 3.45. The fourth-order valence-electron chi connectivity index (χ4n) is 2.24. The molecule has 2 N–H and O–H groups in total. The monoisotopic (exact) mass is 332 g/mol. The fraction of sp³-hybridized carbons (Fsp3) is 0.533. The van der Waals surface area contributed by atoms with Crippen molar-refractivity contribution in [2.75, 3.05) is 13.1 Å². The lowest BCUT2D eigenvalue weighted by atomic mass is 10.2. The molecule has 0 radical (unpaired) electrons. The number of hydrogen-bond donors (Lipinski definition) is 2. The molecule has 2 rings (SSSR count). The molecule has 2 unspecified atom stereocenters. The van der Waals surface area contributed by atoms with E-state index >= 15 is 0 Å². The highest BCUT2D eigenvalue weighted by molar-refractivity contribution is 6.32. The molecule has 118 valence electrons. The first-order valence-electron chi connectivity index (χ1n) is 7.13. The number of carbonyl (C=O) groups is 1. The number of benzene rings is 1. The second-order valence-corrected chi connectivity index (χ2v) is 5.38. The van der Waals surface area contributed by atoms with Crippen molar-refractivity contribution in [3.8, 4) is 5.75 Å². The van der Waals surface area contributed by atoms with Gasteiger partial charge in [-0.15, -0.1) is 12.4 Å². The molecule has 0 saturated carbocycles. The van der Waals surface area contributed by atoms with Crippen LogP contribution < -0.4 is 15.4 Å². The third-order valence-electron chi connectivity index (χ3n) is 3.47. The van der Waals surface area contributed by atoms with Gasteiger partial charge in [0.1, 0.15) is 11.9 Å². The van der Waals surface area contributed by atoms with E-state index in [0.29, 0.717) is 17.3 Å². The smallest absolute Gasteiger partial charge is 0.237 e. The van der Waals surface area contributed by atoms with Gasteiger partial charge in [-0.2, -0.15) is 0 Å². The van der Waals surface area contributed by atoms with Crippen LogP contribution in [0.2, 0.25) is 5.02 Å². The quantitative estimate of drug-likeness (QED) is 0.842. The van der Waals surface area contributed by atoms with Gasteiger partial charge in [0.25, 0.3) is 0 Å². The van der Waals surface area contributed by atoms with Crippen molar-refractivity contribution in [1.82, 2.24) is 10.6 Å². The minimum Gasteiger partial charge on any atom is -0.487 e. The molecule has 0 aromatic heterocycles. The Hall–Kier alpha value is -0.970. The van der Waals surface area contributed by atoms with Crippen molar-refractivity contribution in [1.29, 1.82) is 0 Å². The summed E-state index contributed by atoms with van der Waals surface area (Å²) in [5.74, 6) is 0.720. The van der Waals surface area contributed by atoms with E-state index in [0.717, 1.165) is 25.8 Å². The number of nitrogens with one attached hydrogen (secondary N) is 2. The van der Waals surface area contributed by atoms with E-state index in [2.05, 4.69) is 10.6 Å². The number of para-hydroxylation sites is 1. The SMILES string of the molecule is CCC(CNC(=O)C1CCCN1)Oc1ccccc1Cl.Cl. The molecule has 0 spiro atoms. The minimum atomic E-state index is -0.0692. The largest absolute Gasteiger partial charge is 0.487 e. The molecule has 1 aromatic rings. The minimum absolute atomic E-state index is 0. The second kappa shape index (κ2) is 9.13. The zero-order chi connectivity index (χ0) is 14.4. The zero-order valence-electron chi connectivity index (χ0n) is 12.1. The van der Waals surface area contributed by atoms with E-state index in [1.54, 1.807) is 6.07 Å². The van der Waals surface area contributed by atoms with E-state index in [9.17, 15) is 4.79 Å². The van der Waals surface area contributed by atoms with Crippen LogP contribution in [0.25, 0.3) is 0 Å². The van der Waals surface area contributed by atoms with Crippen molar-refractivity contribution >= 4 is 29.9 Å². The fourth-order valence-corrected chi connectivity index (χ4v) is 2.42. The third kappa shape index (κ3) is 5.38. The van der Waals surface area contributed by atoms with Gasteiger partial charge >= 0.3 is 0 Å². The molecule has 1 amide bonds. The zero-order valence-corrected chi connectivity index (χ0v) is 13.7. The van der Waals surface area contributed by atoms with Crippen LogP contribution in [0, 0.1) is 0 Å². The maximum atomic E-state index is 11.9. The molecule has 1 fully saturated rings. The Labute approximate surface area is 137 Å². The number of hydrogen-bond acceptors (Lipinski definition) is 3. The predicted molar refractivity (Wildman–Crippen MR) is 87.4 cm³/mol. The first-order chi connectivity index (χ1) is 9.70. The molecule has 1 aliphatic heterocycles. The van der Waals surface area contributed by atoms with Crippen molar-refractivity contribution < 1.29 is 9.53 Å². The van der Waals surface area contributed by atoms with Crippen LogP contribution in [0.1, 0.15) is 26.2 Å². The van der Waals surface area contributed by atoms with Crippen LogP contribution in [-0.2, 0) is 4.79 Å². The Morgan fingerprint density at radius 1 is 1.52 bits per heavy atom. The number of halogens is 2. The van der Waals surface area contributed by atoms with E-state index in [1.165, 1.54) is 0 Å². The molecule has 0 aliphatic carbocycles. The van der Waals surface area contributed by atoms with Gasteiger partial charge in [-0.25, -0.2) is 0 Å². The summed E-state index contributed by atoms with van der Waals surface area (Å²) >= 11 is 6.07. The van der Waals surface area contributed by atoms with E-state index in [1.807, 2.05) is 25.1 Å². The van der Waals surface area contributed by atoms with Crippen LogP contribution >= 0.6 is 24.0 Å². The Kier molecular flexibility index (Phi) is 7.86. The number of rotatable bonds is 6. The van der Waals surface area contributed by atoms with Gasteiger partial charge in [-0.1, -0.05) is 30.7 Å². The average molecular weight is 333 g/mol. The summed E-state index contributed by atoms with van der Waals surface area (Å²) in [7, 11) is 0. The highest BCUT2D eigenvalue weighted by atomic mass is 35.5. The van der Waals surface area contributed by atoms with E-state index < -0.39 is 0 Å². The average Bonchev–Trinajstić information content (AvgIpc) is 2.99. The standard InChI is InChI=1S/C15H21ClN2O2.ClH/c1-2-11(20-14-8-4-3-6-12(14)16)10-18-15(19)13-7-5-9-17-13;/h3-4,6,8,11,13,17H,2,5,7,9-10H2,1H3,(H,18,19);1H. The van der Waals surface area contributed by atoms with Crippen LogP contribution in [0.15, 0.2) is 24.3 Å². The highest BCUT2D eigenvalue weighted by Gasteiger charge is 2.22. The molecule has 21 heavy (non-hydrogen) atoms. The first-order valence-corrected chi connectivity index (χ1v) is 7.50. The molecule has 1 heterocycles. The summed E-state index contributed by atoms with van der Waals surface area (Å²) in [6.07, 6.45) is 2.71. The Bertz CT molecular complexity index is 451. The second-order valence-electron chi connectivity index (χ2n) is 4.97. The van der Waals surface area contributed by atoms with Crippen molar-refractivity contribution in [2.45, 2.75) is 38.3 Å². The number of carbonyl (C=O) groups excluding carboxylic acids is 1. The molecular formula is C15H22Cl2N2O2. The summed E-state index contributed by atoms with van der Waals surface area (Å²) < 4.78 is 5.84. The predicted octanol–water partition coefficient (Wildman–Crippen LogP) is 2.79. The maximum Gasteiger partial charge on any atom is 0.237 e. The topological polar surface area (TPSA) is 50.4 Å². The normalized spacial score (nSPS) is 18.7. The first kappa shape index (κ1) is 18.1. The van der Waals surface area contributed by atoms with Gasteiger partial charge in [0.2, 0.25) is 5.91 Å². The molecule has 1 aromatic carbocycles. The maximum absolute atomic E-state index is 11.9. The van der Waals surface area contributed by atoms with Gasteiger partial charge < -0.3 is 15.4 Å². The van der Waals surface area contributed by atoms with Gasteiger partial charge in [0, 0.05) is 0 Å². The van der Waals surface area contributed by atoms with Crippen molar-refractivity contribution in [3.63, 3.8) is 0 Å². The van der Waals surface area contributed by atoms with Gasteiger partial charge in [0.05, 0.1) is 17.6 Å². The van der Waals surface area contributed by atoms with Gasteiger partial charge in [-0.3, -0.25) is 4.79 Å². The van der Waals surface area contributed by atoms with Crippen LogP contribution in [0.5, 0.6) is 5.75 Å². The Balaban J connectivity index is 0.00000220.